The molecule has 2 heterocycles. The third-order valence-corrected chi connectivity index (χ3v) is 3.16. The first-order chi connectivity index (χ1) is 9.25. The number of carbonyl (C=O) groups is 1. The van der Waals surface area contributed by atoms with Gasteiger partial charge in [-0.2, -0.15) is 0 Å². The Hall–Kier alpha value is -1.66. The van der Waals surface area contributed by atoms with E-state index in [2.05, 4.69) is 20.5 Å². The van der Waals surface area contributed by atoms with Gasteiger partial charge in [-0.1, -0.05) is 6.07 Å². The molecular weight excluding hydrogens is 244 g/mol. The summed E-state index contributed by atoms with van der Waals surface area (Å²) < 4.78 is 0. The summed E-state index contributed by atoms with van der Waals surface area (Å²) in [5.41, 5.74) is 0.0585. The van der Waals surface area contributed by atoms with Crippen molar-refractivity contribution in [1.82, 2.24) is 20.5 Å². The van der Waals surface area contributed by atoms with Gasteiger partial charge >= 0.3 is 0 Å². The van der Waals surface area contributed by atoms with Crippen LogP contribution < -0.4 is 16.2 Å². The van der Waals surface area contributed by atoms with Crippen molar-refractivity contribution in [3.63, 3.8) is 0 Å². The summed E-state index contributed by atoms with van der Waals surface area (Å²) in [6, 6.07) is 4.57. The van der Waals surface area contributed by atoms with Crippen LogP contribution >= 0.6 is 0 Å². The zero-order valence-electron chi connectivity index (χ0n) is 10.9. The second kappa shape index (κ2) is 7.06. The van der Waals surface area contributed by atoms with Gasteiger partial charge in [0.1, 0.15) is 5.69 Å². The lowest BCUT2D eigenvalue weighted by atomic mass is 10.3. The molecule has 0 bridgehead atoms. The first kappa shape index (κ1) is 13.8. The lowest BCUT2D eigenvalue weighted by Gasteiger charge is -2.27. The molecule has 1 amide bonds. The van der Waals surface area contributed by atoms with Crippen molar-refractivity contribution >= 4 is 5.91 Å². The van der Waals surface area contributed by atoms with Crippen LogP contribution in [0.25, 0.3) is 0 Å². The highest BCUT2D eigenvalue weighted by atomic mass is 16.2. The largest absolute Gasteiger partial charge is 0.351 e. The second-order valence-electron chi connectivity index (χ2n) is 4.63. The van der Waals surface area contributed by atoms with E-state index in [0.717, 1.165) is 39.1 Å². The molecule has 3 N–H and O–H groups in total. The Kier molecular flexibility index (Phi) is 5.11. The fraction of sp³-hybridized carbons (Fsp3) is 0.538. The predicted octanol–water partition coefficient (Wildman–Crippen LogP) is -0.600. The average molecular weight is 264 g/mol. The number of nitrogens with one attached hydrogen (secondary N) is 3. The number of amides is 1. The van der Waals surface area contributed by atoms with Crippen LogP contribution in [0.5, 0.6) is 0 Å². The van der Waals surface area contributed by atoms with Gasteiger partial charge in [0, 0.05) is 38.8 Å². The van der Waals surface area contributed by atoms with E-state index >= 15 is 0 Å². The Labute approximate surface area is 112 Å². The molecule has 6 heteroatoms. The molecule has 0 aliphatic carbocycles. The lowest BCUT2D eigenvalue weighted by Crippen LogP contribution is -2.44. The van der Waals surface area contributed by atoms with Crippen molar-refractivity contribution in [3.05, 3.63) is 34.2 Å². The van der Waals surface area contributed by atoms with E-state index in [1.165, 1.54) is 6.07 Å². The van der Waals surface area contributed by atoms with Crippen LogP contribution in [0, 0.1) is 0 Å². The molecule has 1 aromatic rings. The monoisotopic (exact) mass is 264 g/mol. The summed E-state index contributed by atoms with van der Waals surface area (Å²) in [5.74, 6) is -0.224. The Morgan fingerprint density at radius 3 is 2.84 bits per heavy atom. The van der Waals surface area contributed by atoms with Crippen molar-refractivity contribution in [2.45, 2.75) is 6.42 Å². The van der Waals surface area contributed by atoms with Crippen LogP contribution in [0.4, 0.5) is 0 Å². The van der Waals surface area contributed by atoms with Gasteiger partial charge in [-0.05, 0) is 19.0 Å². The zero-order valence-corrected chi connectivity index (χ0v) is 10.9. The van der Waals surface area contributed by atoms with Crippen molar-refractivity contribution < 1.29 is 4.79 Å². The summed E-state index contributed by atoms with van der Waals surface area (Å²) >= 11 is 0. The van der Waals surface area contributed by atoms with Gasteiger partial charge in [-0.3, -0.25) is 9.59 Å². The summed E-state index contributed by atoms with van der Waals surface area (Å²) in [5, 5.41) is 6.12. The van der Waals surface area contributed by atoms with Gasteiger partial charge < -0.3 is 20.5 Å². The molecular formula is C13H20N4O2. The molecule has 1 aromatic heterocycles. The van der Waals surface area contributed by atoms with Gasteiger partial charge in [0.2, 0.25) is 5.56 Å². The van der Waals surface area contributed by atoms with Gasteiger partial charge in [0.05, 0.1) is 0 Å². The highest BCUT2D eigenvalue weighted by Gasteiger charge is 2.09. The van der Waals surface area contributed by atoms with Crippen LogP contribution in [-0.4, -0.2) is 55.1 Å². The molecule has 0 atom stereocenters. The Bertz CT molecular complexity index is 466. The molecule has 1 aliphatic rings. The average Bonchev–Trinajstić information content (AvgIpc) is 2.44. The molecule has 19 heavy (non-hydrogen) atoms. The van der Waals surface area contributed by atoms with Crippen molar-refractivity contribution in [1.29, 1.82) is 0 Å². The second-order valence-corrected chi connectivity index (χ2v) is 4.63. The van der Waals surface area contributed by atoms with E-state index in [1.54, 1.807) is 12.1 Å². The Morgan fingerprint density at radius 1 is 1.32 bits per heavy atom. The Morgan fingerprint density at radius 2 is 2.11 bits per heavy atom. The summed E-state index contributed by atoms with van der Waals surface area (Å²) in [4.78, 5) is 27.7. The summed E-state index contributed by atoms with van der Waals surface area (Å²) in [7, 11) is 0. The number of hydrogen-bond acceptors (Lipinski definition) is 4. The number of pyridine rings is 1. The minimum absolute atomic E-state index is 0.224. The quantitative estimate of drug-likeness (QED) is 0.621. The van der Waals surface area contributed by atoms with E-state index < -0.39 is 0 Å². The Balaban J connectivity index is 1.67. The molecule has 0 spiro atoms. The lowest BCUT2D eigenvalue weighted by molar-refractivity contribution is 0.0946. The molecule has 6 nitrogen and oxygen atoms in total. The van der Waals surface area contributed by atoms with Gasteiger partial charge in [0.25, 0.3) is 5.91 Å². The minimum atomic E-state index is -0.256. The number of nitrogens with zero attached hydrogens (tertiary/aromatic N) is 1. The van der Waals surface area contributed by atoms with Crippen LogP contribution in [0.2, 0.25) is 0 Å². The smallest absolute Gasteiger partial charge is 0.267 e. The van der Waals surface area contributed by atoms with Crippen molar-refractivity contribution in [3.8, 4) is 0 Å². The van der Waals surface area contributed by atoms with Crippen LogP contribution in [0.3, 0.4) is 0 Å². The number of H-pyrrole nitrogens is 1. The zero-order chi connectivity index (χ0) is 13.5. The van der Waals surface area contributed by atoms with E-state index in [4.69, 9.17) is 0 Å². The maximum Gasteiger partial charge on any atom is 0.267 e. The highest BCUT2D eigenvalue weighted by molar-refractivity contribution is 5.92. The molecule has 104 valence electrons. The van der Waals surface area contributed by atoms with Gasteiger partial charge in [-0.25, -0.2) is 0 Å². The van der Waals surface area contributed by atoms with E-state index in [9.17, 15) is 9.59 Å². The maximum atomic E-state index is 11.7. The maximum absolute atomic E-state index is 11.7. The fourth-order valence-electron chi connectivity index (χ4n) is 2.11. The number of aromatic nitrogens is 1. The molecule has 1 aliphatic heterocycles. The van der Waals surface area contributed by atoms with E-state index in [1.807, 2.05) is 0 Å². The fourth-order valence-corrected chi connectivity index (χ4v) is 2.11. The molecule has 2 rings (SSSR count). The van der Waals surface area contributed by atoms with Crippen molar-refractivity contribution in [2.24, 2.45) is 0 Å². The first-order valence-electron chi connectivity index (χ1n) is 6.66. The number of piperazine rings is 1. The van der Waals surface area contributed by atoms with Gasteiger partial charge in [-0.15, -0.1) is 0 Å². The third kappa shape index (κ3) is 4.50. The van der Waals surface area contributed by atoms with E-state index in [-0.39, 0.29) is 11.5 Å². The number of hydrogen-bond donors (Lipinski definition) is 3. The SMILES string of the molecule is O=C(NCCCN1CCNCC1)c1cccc(=O)[nH]1. The normalized spacial score (nSPS) is 16.2. The number of carbonyl (C=O) groups excluding carboxylic acids is 1. The first-order valence-corrected chi connectivity index (χ1v) is 6.66. The minimum Gasteiger partial charge on any atom is -0.351 e. The molecule has 0 unspecified atom stereocenters. The topological polar surface area (TPSA) is 77.2 Å². The van der Waals surface area contributed by atoms with Crippen LogP contribution in [0.15, 0.2) is 23.0 Å². The molecule has 0 saturated carbocycles. The van der Waals surface area contributed by atoms with Gasteiger partial charge in [0.15, 0.2) is 0 Å². The van der Waals surface area contributed by atoms with Crippen LogP contribution in [0.1, 0.15) is 16.9 Å². The standard InChI is InChI=1S/C13H20N4O2/c18-12-4-1-3-11(16-12)13(19)15-5-2-8-17-9-6-14-7-10-17/h1,3-4,14H,2,5-10H2,(H,15,19)(H,16,18). The van der Waals surface area contributed by atoms with E-state index in [0.29, 0.717) is 12.2 Å². The predicted molar refractivity (Wildman–Crippen MR) is 73.3 cm³/mol. The molecule has 0 aromatic carbocycles. The summed E-state index contributed by atoms with van der Waals surface area (Å²) in [6.45, 7) is 5.84. The summed E-state index contributed by atoms with van der Waals surface area (Å²) in [6.07, 6.45) is 0.919. The molecule has 1 saturated heterocycles. The van der Waals surface area contributed by atoms with Crippen LogP contribution in [-0.2, 0) is 0 Å². The molecule has 0 radical (unpaired) electrons. The number of rotatable bonds is 5. The number of aromatic amines is 1. The van der Waals surface area contributed by atoms with Crippen molar-refractivity contribution in [2.75, 3.05) is 39.3 Å². The molecule has 1 fully saturated rings. The third-order valence-electron chi connectivity index (χ3n) is 3.16. The highest BCUT2D eigenvalue weighted by Crippen LogP contribution is 1.94.